The van der Waals surface area contributed by atoms with Gasteiger partial charge in [-0.1, -0.05) is 108 Å². The van der Waals surface area contributed by atoms with Crippen LogP contribution in [0.5, 0.6) is 0 Å². The molecule has 0 saturated carbocycles. The summed E-state index contributed by atoms with van der Waals surface area (Å²) in [6, 6.07) is 42.7. The molecule has 3 heteroatoms. The summed E-state index contributed by atoms with van der Waals surface area (Å²) in [5, 5.41) is 2.55. The molecule has 43 heavy (non-hydrogen) atoms. The third kappa shape index (κ3) is 3.87. The molecular weight excluding hydrogens is 654 g/mol. The molecule has 0 atom stereocenters. The first-order chi connectivity index (χ1) is 20.7. The van der Waals surface area contributed by atoms with Gasteiger partial charge in [0.05, 0.1) is 5.69 Å². The number of benzene rings is 6. The van der Waals surface area contributed by atoms with Crippen LogP contribution in [0.1, 0.15) is 49.9 Å². The van der Waals surface area contributed by atoms with Gasteiger partial charge in [-0.05, 0) is 117 Å². The Kier molecular flexibility index (Phi) is 5.90. The first-order valence-corrected chi connectivity index (χ1v) is 16.4. The number of hydrogen-bond acceptors (Lipinski definition) is 1. The van der Waals surface area contributed by atoms with Crippen LogP contribution in [0, 0.1) is 0 Å². The van der Waals surface area contributed by atoms with Crippen molar-refractivity contribution in [2.45, 2.75) is 38.5 Å². The van der Waals surface area contributed by atoms with Gasteiger partial charge in [0.15, 0.2) is 0 Å². The molecule has 0 spiro atoms. The highest BCUT2D eigenvalue weighted by Gasteiger charge is 2.42. The van der Waals surface area contributed by atoms with Crippen molar-refractivity contribution in [2.75, 3.05) is 4.90 Å². The highest BCUT2D eigenvalue weighted by atomic mass is 79.9. The molecule has 0 aliphatic heterocycles. The average Bonchev–Trinajstić information content (AvgIpc) is 3.37. The second kappa shape index (κ2) is 9.42. The Morgan fingerprint density at radius 1 is 0.465 bits per heavy atom. The first kappa shape index (κ1) is 26.9. The molecule has 6 aromatic carbocycles. The average molecular weight is 686 g/mol. The lowest BCUT2D eigenvalue weighted by Gasteiger charge is -2.30. The van der Waals surface area contributed by atoms with E-state index in [4.69, 9.17) is 0 Å². The Labute approximate surface area is 270 Å². The Balaban J connectivity index is 1.42. The van der Waals surface area contributed by atoms with Crippen molar-refractivity contribution in [3.63, 3.8) is 0 Å². The molecule has 0 unspecified atom stereocenters. The maximum absolute atomic E-state index is 3.64. The van der Waals surface area contributed by atoms with Gasteiger partial charge in [0.1, 0.15) is 0 Å². The first-order valence-electron chi connectivity index (χ1n) is 14.8. The zero-order valence-corrected chi connectivity index (χ0v) is 27.8. The lowest BCUT2D eigenvalue weighted by molar-refractivity contribution is 0.652. The molecule has 2 aliphatic carbocycles. The van der Waals surface area contributed by atoms with Gasteiger partial charge < -0.3 is 4.90 Å². The van der Waals surface area contributed by atoms with E-state index in [9.17, 15) is 0 Å². The third-order valence-corrected chi connectivity index (χ3v) is 10.8. The third-order valence-electron chi connectivity index (χ3n) is 9.77. The van der Waals surface area contributed by atoms with Crippen LogP contribution in [0.15, 0.2) is 124 Å². The Hall–Kier alpha value is -3.66. The molecule has 6 aromatic rings. The fourth-order valence-electron chi connectivity index (χ4n) is 7.55. The Morgan fingerprint density at radius 3 is 1.63 bits per heavy atom. The molecule has 1 nitrogen and oxygen atoms in total. The monoisotopic (exact) mass is 683 g/mol. The van der Waals surface area contributed by atoms with Crippen LogP contribution in [0.3, 0.4) is 0 Å². The summed E-state index contributed by atoms with van der Waals surface area (Å²) >= 11 is 7.29. The van der Waals surface area contributed by atoms with E-state index >= 15 is 0 Å². The number of hydrogen-bond donors (Lipinski definition) is 0. The number of rotatable bonds is 3. The molecule has 0 amide bonds. The summed E-state index contributed by atoms with van der Waals surface area (Å²) in [6.45, 7) is 9.55. The van der Waals surface area contributed by atoms with E-state index in [0.29, 0.717) is 0 Å². The minimum Gasteiger partial charge on any atom is -0.310 e. The molecule has 0 fully saturated rings. The fraction of sp³-hybridized carbons (Fsp3) is 0.150. The molecule has 8 rings (SSSR count). The molecule has 0 bridgehead atoms. The quantitative estimate of drug-likeness (QED) is 0.179. The number of nitrogens with zero attached hydrogens (tertiary/aromatic N) is 1. The van der Waals surface area contributed by atoms with E-state index in [0.717, 1.165) is 20.3 Å². The molecule has 0 N–H and O–H groups in total. The van der Waals surface area contributed by atoms with Crippen LogP contribution < -0.4 is 4.90 Å². The van der Waals surface area contributed by atoms with Crippen LogP contribution in [0.25, 0.3) is 33.0 Å². The lowest BCUT2D eigenvalue weighted by atomic mass is 9.79. The molecule has 0 saturated heterocycles. The lowest BCUT2D eigenvalue weighted by Crippen LogP contribution is -2.17. The van der Waals surface area contributed by atoms with Crippen molar-refractivity contribution in [3.05, 3.63) is 146 Å². The van der Waals surface area contributed by atoms with Gasteiger partial charge >= 0.3 is 0 Å². The molecule has 210 valence electrons. The van der Waals surface area contributed by atoms with E-state index in [2.05, 4.69) is 180 Å². The maximum atomic E-state index is 3.64. The van der Waals surface area contributed by atoms with Gasteiger partial charge in [0.2, 0.25) is 0 Å². The SMILES string of the molecule is CC1(C)c2ccccc2-c2cc3c(cc21)-c1c(cc(N(c2ccc(Br)cc2)c2ccc(Br)cc2)c2ccccc12)C3(C)C. The number of anilines is 3. The Morgan fingerprint density at radius 2 is 0.977 bits per heavy atom. The van der Waals surface area contributed by atoms with Gasteiger partial charge in [0.25, 0.3) is 0 Å². The number of halogens is 2. The fourth-order valence-corrected chi connectivity index (χ4v) is 8.08. The highest BCUT2D eigenvalue weighted by Crippen LogP contribution is 2.58. The summed E-state index contributed by atoms with van der Waals surface area (Å²) < 4.78 is 2.14. The van der Waals surface area contributed by atoms with Gasteiger partial charge in [0, 0.05) is 36.5 Å². The molecular formula is C40H31Br2N. The van der Waals surface area contributed by atoms with Crippen LogP contribution >= 0.6 is 31.9 Å². The van der Waals surface area contributed by atoms with Crippen LogP contribution in [-0.4, -0.2) is 0 Å². The van der Waals surface area contributed by atoms with Gasteiger partial charge in [-0.25, -0.2) is 0 Å². The van der Waals surface area contributed by atoms with Crippen molar-refractivity contribution in [1.29, 1.82) is 0 Å². The largest absolute Gasteiger partial charge is 0.310 e. The van der Waals surface area contributed by atoms with Crippen molar-refractivity contribution >= 4 is 59.7 Å². The number of fused-ring (bicyclic) bond motifs is 8. The van der Waals surface area contributed by atoms with E-state index in [1.807, 2.05) is 0 Å². The molecule has 2 aliphatic rings. The van der Waals surface area contributed by atoms with Gasteiger partial charge in [-0.2, -0.15) is 0 Å². The van der Waals surface area contributed by atoms with Crippen LogP contribution in [0.2, 0.25) is 0 Å². The zero-order valence-electron chi connectivity index (χ0n) is 24.7. The second-order valence-corrected chi connectivity index (χ2v) is 14.7. The van der Waals surface area contributed by atoms with Crippen molar-refractivity contribution in [1.82, 2.24) is 0 Å². The topological polar surface area (TPSA) is 3.24 Å². The van der Waals surface area contributed by atoms with Crippen molar-refractivity contribution in [2.24, 2.45) is 0 Å². The second-order valence-electron chi connectivity index (χ2n) is 12.9. The smallest absolute Gasteiger partial charge is 0.0543 e. The minimum absolute atomic E-state index is 0.0381. The highest BCUT2D eigenvalue weighted by molar-refractivity contribution is 9.10. The minimum atomic E-state index is -0.161. The van der Waals surface area contributed by atoms with Crippen molar-refractivity contribution in [3.8, 4) is 22.3 Å². The van der Waals surface area contributed by atoms with E-state index in [1.54, 1.807) is 0 Å². The summed E-state index contributed by atoms with van der Waals surface area (Å²) in [5.74, 6) is 0. The predicted octanol–water partition coefficient (Wildman–Crippen LogP) is 12.4. The summed E-state index contributed by atoms with van der Waals surface area (Å²) in [4.78, 5) is 2.40. The van der Waals surface area contributed by atoms with E-state index in [-0.39, 0.29) is 10.8 Å². The van der Waals surface area contributed by atoms with E-state index < -0.39 is 0 Å². The Bertz CT molecular complexity index is 2040. The normalized spacial score (nSPS) is 15.1. The van der Waals surface area contributed by atoms with Crippen molar-refractivity contribution < 1.29 is 0 Å². The molecule has 0 aromatic heterocycles. The summed E-state index contributed by atoms with van der Waals surface area (Å²) in [6.07, 6.45) is 0. The predicted molar refractivity (Wildman–Crippen MR) is 189 cm³/mol. The van der Waals surface area contributed by atoms with Gasteiger partial charge in [-0.3, -0.25) is 0 Å². The summed E-state index contributed by atoms with van der Waals surface area (Å²) in [7, 11) is 0. The molecule has 0 heterocycles. The summed E-state index contributed by atoms with van der Waals surface area (Å²) in [5.41, 5.74) is 14.4. The van der Waals surface area contributed by atoms with Crippen LogP contribution in [0.4, 0.5) is 17.1 Å². The molecule has 0 radical (unpaired) electrons. The van der Waals surface area contributed by atoms with Crippen LogP contribution in [-0.2, 0) is 10.8 Å². The van der Waals surface area contributed by atoms with E-state index in [1.165, 1.54) is 61.0 Å². The van der Waals surface area contributed by atoms with Gasteiger partial charge in [-0.15, -0.1) is 0 Å². The standard InChI is InChI=1S/C40H31Br2N/c1-39(2)33-12-8-7-9-28(33)31-21-35-32(22-34(31)39)38-30-11-6-5-10-29(30)37(23-36(38)40(35,3)4)43(26-17-13-24(41)14-18-26)27-19-15-25(42)16-20-27/h5-23H,1-4H3. The zero-order chi connectivity index (χ0) is 29.7. The maximum Gasteiger partial charge on any atom is 0.0543 e.